The second kappa shape index (κ2) is 6.69. The highest BCUT2D eigenvalue weighted by Crippen LogP contribution is 2.26. The van der Waals surface area contributed by atoms with Crippen LogP contribution < -0.4 is 10.5 Å². The van der Waals surface area contributed by atoms with E-state index >= 15 is 0 Å². The number of carbonyl (C=O) groups excluding carboxylic acids is 1. The summed E-state index contributed by atoms with van der Waals surface area (Å²) in [7, 11) is 0. The minimum atomic E-state index is -0.484. The van der Waals surface area contributed by atoms with Crippen LogP contribution in [-0.2, 0) is 10.2 Å². The number of hydrogen-bond donors (Lipinski definition) is 1. The average Bonchev–Trinajstić information content (AvgIpc) is 2.94. The number of benzene rings is 1. The molecule has 1 heterocycles. The number of rotatable bonds is 4. The third-order valence-electron chi connectivity index (χ3n) is 4.29. The van der Waals surface area contributed by atoms with Crippen LogP contribution in [0.2, 0.25) is 0 Å². The lowest BCUT2D eigenvalue weighted by Crippen LogP contribution is -2.45. The maximum absolute atomic E-state index is 12.5. The third-order valence-corrected chi connectivity index (χ3v) is 4.29. The van der Waals surface area contributed by atoms with Crippen LogP contribution in [0.4, 0.5) is 0 Å². The van der Waals surface area contributed by atoms with Crippen molar-refractivity contribution < 1.29 is 9.53 Å². The number of nitrogens with zero attached hydrogens (tertiary/aromatic N) is 1. The van der Waals surface area contributed by atoms with Gasteiger partial charge < -0.3 is 15.4 Å². The molecule has 0 radical (unpaired) electrons. The van der Waals surface area contributed by atoms with Crippen LogP contribution in [0.1, 0.15) is 46.1 Å². The lowest BCUT2D eigenvalue weighted by molar-refractivity contribution is -0.138. The van der Waals surface area contributed by atoms with Gasteiger partial charge in [0.25, 0.3) is 5.91 Å². The van der Waals surface area contributed by atoms with Crippen molar-refractivity contribution in [3.8, 4) is 5.75 Å². The minimum absolute atomic E-state index is 0.0362. The third kappa shape index (κ3) is 3.80. The van der Waals surface area contributed by atoms with Crippen molar-refractivity contribution in [3.05, 3.63) is 29.8 Å². The van der Waals surface area contributed by atoms with E-state index in [-0.39, 0.29) is 17.4 Å². The molecule has 2 unspecified atom stereocenters. The Morgan fingerprint density at radius 1 is 1.45 bits per heavy atom. The van der Waals surface area contributed by atoms with E-state index in [9.17, 15) is 4.79 Å². The van der Waals surface area contributed by atoms with Crippen molar-refractivity contribution >= 4 is 5.91 Å². The Bertz CT molecular complexity index is 522. The molecular weight excluding hydrogens is 276 g/mol. The van der Waals surface area contributed by atoms with Gasteiger partial charge in [-0.2, -0.15) is 0 Å². The van der Waals surface area contributed by atoms with Gasteiger partial charge in [-0.25, -0.2) is 0 Å². The van der Waals surface area contributed by atoms with Gasteiger partial charge in [0.2, 0.25) is 0 Å². The molecule has 4 nitrogen and oxygen atoms in total. The Morgan fingerprint density at radius 3 is 2.82 bits per heavy atom. The maximum atomic E-state index is 12.5. The molecule has 0 aliphatic carbocycles. The van der Waals surface area contributed by atoms with Gasteiger partial charge >= 0.3 is 0 Å². The molecule has 22 heavy (non-hydrogen) atoms. The highest BCUT2D eigenvalue weighted by Gasteiger charge is 2.31. The van der Waals surface area contributed by atoms with Crippen LogP contribution in [0, 0.1) is 0 Å². The highest BCUT2D eigenvalue weighted by atomic mass is 16.5. The van der Waals surface area contributed by atoms with Crippen LogP contribution in [-0.4, -0.2) is 36.0 Å². The maximum Gasteiger partial charge on any atom is 0.263 e. The summed E-state index contributed by atoms with van der Waals surface area (Å²) in [5.74, 6) is 0.783. The predicted molar refractivity (Wildman–Crippen MR) is 89.0 cm³/mol. The number of carbonyl (C=O) groups is 1. The van der Waals surface area contributed by atoms with E-state index in [1.165, 1.54) is 5.56 Å². The fourth-order valence-electron chi connectivity index (χ4n) is 2.89. The monoisotopic (exact) mass is 304 g/mol. The van der Waals surface area contributed by atoms with Gasteiger partial charge in [-0.15, -0.1) is 0 Å². The Morgan fingerprint density at radius 2 is 2.18 bits per heavy atom. The van der Waals surface area contributed by atoms with Gasteiger partial charge in [-0.3, -0.25) is 4.79 Å². The number of likely N-dealkylation sites (tertiary alicyclic amines) is 1. The number of amides is 1. The first-order valence-corrected chi connectivity index (χ1v) is 8.10. The normalized spacial score (nSPS) is 20.0. The summed E-state index contributed by atoms with van der Waals surface area (Å²) in [6.07, 6.45) is 1.54. The topological polar surface area (TPSA) is 55.6 Å². The van der Waals surface area contributed by atoms with Crippen LogP contribution in [0.25, 0.3) is 0 Å². The molecule has 1 aliphatic heterocycles. The molecule has 1 amide bonds. The fourth-order valence-corrected chi connectivity index (χ4v) is 2.89. The Hall–Kier alpha value is -1.55. The first kappa shape index (κ1) is 16.8. The van der Waals surface area contributed by atoms with Crippen molar-refractivity contribution in [2.45, 2.75) is 58.1 Å². The molecule has 0 spiro atoms. The molecule has 0 aromatic heterocycles. The van der Waals surface area contributed by atoms with Gasteiger partial charge in [-0.1, -0.05) is 32.9 Å². The molecule has 2 rings (SSSR count). The molecule has 0 bridgehead atoms. The molecule has 0 saturated carbocycles. The van der Waals surface area contributed by atoms with Crippen LogP contribution in [0.5, 0.6) is 5.75 Å². The molecule has 1 saturated heterocycles. The van der Waals surface area contributed by atoms with Crippen LogP contribution in [0.15, 0.2) is 24.3 Å². The lowest BCUT2D eigenvalue weighted by atomic mass is 9.87. The minimum Gasteiger partial charge on any atom is -0.481 e. The van der Waals surface area contributed by atoms with Gasteiger partial charge in [-0.05, 0) is 42.9 Å². The molecule has 2 N–H and O–H groups in total. The van der Waals surface area contributed by atoms with E-state index in [1.807, 2.05) is 30.0 Å². The fraction of sp³-hybridized carbons (Fsp3) is 0.611. The predicted octanol–water partition coefficient (Wildman–Crippen LogP) is 2.70. The van der Waals surface area contributed by atoms with E-state index in [2.05, 4.69) is 26.8 Å². The molecule has 1 fully saturated rings. The summed E-state index contributed by atoms with van der Waals surface area (Å²) in [5.41, 5.74) is 7.01. The summed E-state index contributed by atoms with van der Waals surface area (Å²) in [6, 6.07) is 8.16. The zero-order valence-corrected chi connectivity index (χ0v) is 14.1. The van der Waals surface area contributed by atoms with Gasteiger partial charge in [0.1, 0.15) is 5.75 Å². The highest BCUT2D eigenvalue weighted by molar-refractivity contribution is 5.81. The van der Waals surface area contributed by atoms with Crippen molar-refractivity contribution in [1.82, 2.24) is 4.90 Å². The van der Waals surface area contributed by atoms with Crippen molar-refractivity contribution in [1.29, 1.82) is 0 Å². The van der Waals surface area contributed by atoms with Crippen LogP contribution in [0.3, 0.4) is 0 Å². The van der Waals surface area contributed by atoms with Gasteiger partial charge in [0.15, 0.2) is 6.10 Å². The summed E-state index contributed by atoms with van der Waals surface area (Å²) < 4.78 is 5.89. The zero-order valence-electron chi connectivity index (χ0n) is 14.1. The Balaban J connectivity index is 2.05. The van der Waals surface area contributed by atoms with Crippen molar-refractivity contribution in [3.63, 3.8) is 0 Å². The largest absolute Gasteiger partial charge is 0.481 e. The SMILES string of the molecule is CC(Oc1cccc(C(C)(C)C)c1)C(=O)N1CCCC1CN. The molecule has 1 aromatic carbocycles. The van der Waals surface area contributed by atoms with E-state index in [0.29, 0.717) is 6.54 Å². The average molecular weight is 304 g/mol. The van der Waals surface area contributed by atoms with E-state index < -0.39 is 6.10 Å². The molecule has 2 atom stereocenters. The Labute approximate surface area is 133 Å². The Kier molecular flexibility index (Phi) is 5.12. The van der Waals surface area contributed by atoms with E-state index in [1.54, 1.807) is 0 Å². The van der Waals surface area contributed by atoms with E-state index in [4.69, 9.17) is 10.5 Å². The second-order valence-electron chi connectivity index (χ2n) is 7.10. The summed E-state index contributed by atoms with van der Waals surface area (Å²) in [4.78, 5) is 14.4. The zero-order chi connectivity index (χ0) is 16.3. The van der Waals surface area contributed by atoms with Gasteiger partial charge in [0.05, 0.1) is 0 Å². The molecule has 1 aliphatic rings. The van der Waals surface area contributed by atoms with E-state index in [0.717, 1.165) is 25.1 Å². The molecule has 122 valence electrons. The lowest BCUT2D eigenvalue weighted by Gasteiger charge is -2.27. The standard InChI is InChI=1S/C18H28N2O2/c1-13(17(21)20-10-6-8-15(20)12-19)22-16-9-5-7-14(11-16)18(2,3)4/h5,7,9,11,13,15H,6,8,10,12,19H2,1-4H3. The first-order chi connectivity index (χ1) is 10.3. The van der Waals surface area contributed by atoms with Crippen molar-refractivity contribution in [2.75, 3.05) is 13.1 Å². The number of hydrogen-bond acceptors (Lipinski definition) is 3. The second-order valence-corrected chi connectivity index (χ2v) is 7.10. The van der Waals surface area contributed by atoms with Gasteiger partial charge in [0, 0.05) is 19.1 Å². The van der Waals surface area contributed by atoms with Crippen LogP contribution >= 0.6 is 0 Å². The number of nitrogens with two attached hydrogens (primary N) is 1. The molecule has 4 heteroatoms. The first-order valence-electron chi connectivity index (χ1n) is 8.10. The summed E-state index contributed by atoms with van der Waals surface area (Å²) in [5, 5.41) is 0. The smallest absolute Gasteiger partial charge is 0.263 e. The van der Waals surface area contributed by atoms with Crippen molar-refractivity contribution in [2.24, 2.45) is 5.73 Å². The quantitative estimate of drug-likeness (QED) is 0.930. The molecular formula is C18H28N2O2. The molecule has 1 aromatic rings. The number of ether oxygens (including phenoxy) is 1. The summed E-state index contributed by atoms with van der Waals surface area (Å²) >= 11 is 0. The summed E-state index contributed by atoms with van der Waals surface area (Å²) in [6.45, 7) is 9.62.